The lowest BCUT2D eigenvalue weighted by Crippen LogP contribution is -2.15. The van der Waals surface area contributed by atoms with Crippen LogP contribution in [0.2, 0.25) is 5.02 Å². The van der Waals surface area contributed by atoms with E-state index in [2.05, 4.69) is 15.5 Å². The molecule has 1 N–H and O–H groups in total. The van der Waals surface area contributed by atoms with Gasteiger partial charge in [0.05, 0.1) is 11.4 Å². The Morgan fingerprint density at radius 3 is 2.69 bits per heavy atom. The molecule has 0 fully saturated rings. The number of nitrogens with zero attached hydrogens (tertiary/aromatic N) is 3. The van der Waals surface area contributed by atoms with E-state index in [-0.39, 0.29) is 11.7 Å². The Bertz CT molecular complexity index is 954. The zero-order valence-corrected chi connectivity index (χ0v) is 16.4. The molecule has 0 saturated heterocycles. The zero-order valence-electron chi connectivity index (χ0n) is 14.8. The van der Waals surface area contributed by atoms with Crippen molar-refractivity contribution in [1.29, 1.82) is 0 Å². The smallest absolute Gasteiger partial charge is 0.234 e. The van der Waals surface area contributed by atoms with E-state index >= 15 is 0 Å². The van der Waals surface area contributed by atoms with Crippen LogP contribution in [0.4, 0.5) is 5.69 Å². The predicted octanol–water partition coefficient (Wildman–Crippen LogP) is 4.58. The molecule has 0 spiro atoms. The number of thioether (sulfide) groups is 1. The molecule has 0 atom stereocenters. The van der Waals surface area contributed by atoms with Crippen LogP contribution in [0.25, 0.3) is 5.69 Å². The minimum atomic E-state index is -0.0831. The van der Waals surface area contributed by atoms with Crippen LogP contribution in [0.3, 0.4) is 0 Å². The second-order valence-corrected chi connectivity index (χ2v) is 7.38. The van der Waals surface area contributed by atoms with Crippen molar-refractivity contribution in [1.82, 2.24) is 14.8 Å². The molecule has 5 nitrogen and oxygen atoms in total. The van der Waals surface area contributed by atoms with Crippen molar-refractivity contribution in [2.75, 3.05) is 11.1 Å². The van der Waals surface area contributed by atoms with Crippen LogP contribution in [-0.4, -0.2) is 26.4 Å². The highest BCUT2D eigenvalue weighted by molar-refractivity contribution is 7.99. The molecule has 2 aromatic carbocycles. The average molecular weight is 387 g/mol. The standard InChI is InChI=1S/C19H19ClN4OS/c1-12-7-8-17(13(2)9-12)21-18(25)11-26-19-23-22-14(3)24(19)16-6-4-5-15(20)10-16/h4-10H,11H2,1-3H3,(H,21,25). The highest BCUT2D eigenvalue weighted by atomic mass is 35.5. The molecule has 1 aromatic heterocycles. The second-order valence-electron chi connectivity index (χ2n) is 6.00. The van der Waals surface area contributed by atoms with Crippen molar-refractivity contribution in [2.24, 2.45) is 0 Å². The second kappa shape index (κ2) is 7.93. The minimum Gasteiger partial charge on any atom is -0.325 e. The van der Waals surface area contributed by atoms with Crippen LogP contribution in [0.15, 0.2) is 47.6 Å². The number of hydrogen-bond acceptors (Lipinski definition) is 4. The Labute approximate surface area is 161 Å². The highest BCUT2D eigenvalue weighted by Gasteiger charge is 2.14. The third-order valence-electron chi connectivity index (χ3n) is 3.85. The summed E-state index contributed by atoms with van der Waals surface area (Å²) >= 11 is 7.42. The Morgan fingerprint density at radius 1 is 1.15 bits per heavy atom. The highest BCUT2D eigenvalue weighted by Crippen LogP contribution is 2.24. The number of nitrogens with one attached hydrogen (secondary N) is 1. The van der Waals surface area contributed by atoms with Crippen molar-refractivity contribution in [3.05, 3.63) is 64.4 Å². The van der Waals surface area contributed by atoms with E-state index in [1.165, 1.54) is 17.3 Å². The minimum absolute atomic E-state index is 0.0831. The largest absolute Gasteiger partial charge is 0.325 e. The van der Waals surface area contributed by atoms with E-state index < -0.39 is 0 Å². The number of carbonyl (C=O) groups excluding carboxylic acids is 1. The van der Waals surface area contributed by atoms with Crippen molar-refractivity contribution in [3.8, 4) is 5.69 Å². The van der Waals surface area contributed by atoms with Gasteiger partial charge in [-0.2, -0.15) is 0 Å². The molecule has 0 saturated carbocycles. The van der Waals surface area contributed by atoms with Gasteiger partial charge in [0.1, 0.15) is 5.82 Å². The molecule has 7 heteroatoms. The summed E-state index contributed by atoms with van der Waals surface area (Å²) in [6.45, 7) is 5.88. The third-order valence-corrected chi connectivity index (χ3v) is 5.01. The molecule has 3 aromatic rings. The van der Waals surface area contributed by atoms with Gasteiger partial charge in [-0.3, -0.25) is 9.36 Å². The summed E-state index contributed by atoms with van der Waals surface area (Å²) < 4.78 is 1.89. The number of aromatic nitrogens is 3. The first-order chi connectivity index (χ1) is 12.4. The summed E-state index contributed by atoms with van der Waals surface area (Å²) in [5, 5.41) is 12.5. The maximum atomic E-state index is 12.3. The maximum absolute atomic E-state index is 12.3. The number of hydrogen-bond donors (Lipinski definition) is 1. The van der Waals surface area contributed by atoms with E-state index in [0.717, 1.165) is 22.8 Å². The number of aryl methyl sites for hydroxylation is 3. The fourth-order valence-corrected chi connectivity index (χ4v) is 3.60. The topological polar surface area (TPSA) is 59.8 Å². The molecule has 1 heterocycles. The Hall–Kier alpha value is -2.31. The molecule has 134 valence electrons. The Kier molecular flexibility index (Phi) is 5.64. The van der Waals surface area contributed by atoms with Crippen LogP contribution in [-0.2, 0) is 4.79 Å². The first-order valence-corrected chi connectivity index (χ1v) is 9.48. The molecule has 3 rings (SSSR count). The van der Waals surface area contributed by atoms with Crippen molar-refractivity contribution < 1.29 is 4.79 Å². The predicted molar refractivity (Wildman–Crippen MR) is 106 cm³/mol. The molecule has 0 aliphatic rings. The van der Waals surface area contributed by atoms with Gasteiger partial charge >= 0.3 is 0 Å². The normalized spacial score (nSPS) is 10.8. The third kappa shape index (κ3) is 4.26. The summed E-state index contributed by atoms with van der Waals surface area (Å²) in [6.07, 6.45) is 0. The number of carbonyl (C=O) groups is 1. The maximum Gasteiger partial charge on any atom is 0.234 e. The summed E-state index contributed by atoms with van der Waals surface area (Å²) in [4.78, 5) is 12.3. The molecule has 1 amide bonds. The summed E-state index contributed by atoms with van der Waals surface area (Å²) in [7, 11) is 0. The number of rotatable bonds is 5. The quantitative estimate of drug-likeness (QED) is 0.652. The van der Waals surface area contributed by atoms with Crippen molar-refractivity contribution in [3.63, 3.8) is 0 Å². The number of anilines is 1. The van der Waals surface area contributed by atoms with Gasteiger partial charge in [-0.15, -0.1) is 10.2 Å². The average Bonchev–Trinajstić information content (AvgIpc) is 2.96. The van der Waals surface area contributed by atoms with Gasteiger partial charge in [0.15, 0.2) is 5.16 Å². The number of halogens is 1. The lowest BCUT2D eigenvalue weighted by Gasteiger charge is -2.10. The summed E-state index contributed by atoms with van der Waals surface area (Å²) in [6, 6.07) is 13.4. The zero-order chi connectivity index (χ0) is 18.7. The Morgan fingerprint density at radius 2 is 1.96 bits per heavy atom. The molecule has 0 aliphatic carbocycles. The molecule has 0 bridgehead atoms. The van der Waals surface area contributed by atoms with Crippen LogP contribution < -0.4 is 5.32 Å². The summed E-state index contributed by atoms with van der Waals surface area (Å²) in [5.74, 6) is 0.899. The fraction of sp³-hybridized carbons (Fsp3) is 0.211. The lowest BCUT2D eigenvalue weighted by molar-refractivity contribution is -0.113. The van der Waals surface area contributed by atoms with Gasteiger partial charge in [0.2, 0.25) is 5.91 Å². The van der Waals surface area contributed by atoms with E-state index in [4.69, 9.17) is 11.6 Å². The SMILES string of the molecule is Cc1ccc(NC(=O)CSc2nnc(C)n2-c2cccc(Cl)c2)c(C)c1. The number of benzene rings is 2. The first kappa shape index (κ1) is 18.5. The van der Waals surface area contributed by atoms with Gasteiger partial charge in [0.25, 0.3) is 0 Å². The summed E-state index contributed by atoms with van der Waals surface area (Å²) in [5.41, 5.74) is 3.91. The first-order valence-electron chi connectivity index (χ1n) is 8.12. The van der Waals surface area contributed by atoms with E-state index in [0.29, 0.717) is 10.2 Å². The van der Waals surface area contributed by atoms with Gasteiger partial charge in [-0.1, -0.05) is 47.1 Å². The monoisotopic (exact) mass is 386 g/mol. The number of amides is 1. The molecule has 26 heavy (non-hydrogen) atoms. The van der Waals surface area contributed by atoms with Crippen LogP contribution in [0.1, 0.15) is 17.0 Å². The van der Waals surface area contributed by atoms with Crippen LogP contribution in [0, 0.1) is 20.8 Å². The molecular weight excluding hydrogens is 368 g/mol. The molecular formula is C19H19ClN4OS. The van der Waals surface area contributed by atoms with Crippen molar-refractivity contribution >= 4 is 35.0 Å². The van der Waals surface area contributed by atoms with Crippen LogP contribution in [0.5, 0.6) is 0 Å². The molecule has 0 radical (unpaired) electrons. The lowest BCUT2D eigenvalue weighted by atomic mass is 10.1. The molecule has 0 unspecified atom stereocenters. The van der Waals surface area contributed by atoms with E-state index in [1.807, 2.05) is 67.8 Å². The van der Waals surface area contributed by atoms with Gasteiger partial charge in [0, 0.05) is 10.7 Å². The van der Waals surface area contributed by atoms with Crippen LogP contribution >= 0.6 is 23.4 Å². The van der Waals surface area contributed by atoms with Gasteiger partial charge in [-0.25, -0.2) is 0 Å². The van der Waals surface area contributed by atoms with Gasteiger partial charge < -0.3 is 5.32 Å². The van der Waals surface area contributed by atoms with Gasteiger partial charge in [-0.05, 0) is 50.6 Å². The van der Waals surface area contributed by atoms with E-state index in [9.17, 15) is 4.79 Å². The van der Waals surface area contributed by atoms with Crippen molar-refractivity contribution in [2.45, 2.75) is 25.9 Å². The molecule has 0 aliphatic heterocycles. The fourth-order valence-electron chi connectivity index (χ4n) is 2.62. The van der Waals surface area contributed by atoms with E-state index in [1.54, 1.807) is 0 Å². The Balaban J connectivity index is 1.71.